The zero-order valence-electron chi connectivity index (χ0n) is 25.1. The number of aliphatic hydroxyl groups excluding tert-OH is 1. The van der Waals surface area contributed by atoms with Gasteiger partial charge in [0, 0.05) is 41.6 Å². The van der Waals surface area contributed by atoms with Gasteiger partial charge in [0.05, 0.1) is 36.9 Å². The highest BCUT2D eigenvalue weighted by Crippen LogP contribution is 2.44. The average Bonchev–Trinajstić information content (AvgIpc) is 3.02. The Morgan fingerprint density at radius 1 is 1.11 bits per heavy atom. The number of unbranched alkanes of at least 4 members (excludes halogenated alkanes) is 1. The van der Waals surface area contributed by atoms with Gasteiger partial charge in [-0.05, 0) is 51.4 Å². The second-order valence-corrected chi connectivity index (χ2v) is 10.0. The number of ether oxygens (including phenoxy) is 4. The fourth-order valence-corrected chi connectivity index (χ4v) is 4.94. The Hall–Kier alpha value is -4.80. The van der Waals surface area contributed by atoms with E-state index in [2.05, 4.69) is 10.3 Å². The molecule has 3 rings (SSSR count). The van der Waals surface area contributed by atoms with Crippen molar-refractivity contribution in [1.29, 1.82) is 5.26 Å². The summed E-state index contributed by atoms with van der Waals surface area (Å²) >= 11 is 0. The van der Waals surface area contributed by atoms with Crippen LogP contribution in [0.2, 0.25) is 0 Å². The fourth-order valence-electron chi connectivity index (χ4n) is 4.94. The Bertz CT molecular complexity index is 1460. The van der Waals surface area contributed by atoms with E-state index < -0.39 is 34.8 Å². The molecule has 0 radical (unpaired) electrons. The lowest BCUT2D eigenvalue weighted by Crippen LogP contribution is -2.36. The van der Waals surface area contributed by atoms with E-state index in [4.69, 9.17) is 24.2 Å². The minimum atomic E-state index is -1.03. The van der Waals surface area contributed by atoms with E-state index >= 15 is 0 Å². The van der Waals surface area contributed by atoms with Crippen molar-refractivity contribution in [2.75, 3.05) is 40.5 Å². The summed E-state index contributed by atoms with van der Waals surface area (Å²) in [6, 6.07) is 12.9. The number of nitrogens with zero attached hydrogens (tertiary/aromatic N) is 3. The topological polar surface area (TPSA) is 183 Å². The molecule has 2 aromatic carbocycles. The molecule has 13 heteroatoms. The minimum absolute atomic E-state index is 0.0249. The molecule has 0 spiro atoms. The number of allylic oxidation sites excluding steroid dienone is 1. The molecule has 0 aromatic heterocycles. The third kappa shape index (κ3) is 8.40. The molecule has 1 heterocycles. The van der Waals surface area contributed by atoms with Crippen molar-refractivity contribution in [2.24, 2.45) is 10.9 Å². The van der Waals surface area contributed by atoms with Gasteiger partial charge in [-0.3, -0.25) is 19.9 Å². The Kier molecular flexibility index (Phi) is 12.4. The number of carbonyl (C=O) groups excluding carboxylic acids is 2. The van der Waals surface area contributed by atoms with Gasteiger partial charge in [-0.1, -0.05) is 12.1 Å². The summed E-state index contributed by atoms with van der Waals surface area (Å²) in [6.45, 7) is 4.35. The van der Waals surface area contributed by atoms with Crippen LogP contribution < -0.4 is 14.8 Å². The number of nitrogens with one attached hydrogen (secondary N) is 1. The zero-order valence-corrected chi connectivity index (χ0v) is 25.1. The Morgan fingerprint density at radius 2 is 1.86 bits per heavy atom. The molecule has 13 nitrogen and oxygen atoms in total. The van der Waals surface area contributed by atoms with Crippen LogP contribution in [0.5, 0.6) is 11.5 Å². The molecule has 0 saturated carbocycles. The van der Waals surface area contributed by atoms with Crippen LogP contribution in [0.25, 0.3) is 0 Å². The summed E-state index contributed by atoms with van der Waals surface area (Å²) in [5, 5.41) is 34.2. The predicted octanol–water partition coefficient (Wildman–Crippen LogP) is 3.45. The SMILES string of the molecule is COC(=O)C1=C(C)N=C(C)C(C(=O)OC)C1c1cc([N+](=O)[O-])ccc1OCCCCNCC(O)COc1ccccc1C#N. The van der Waals surface area contributed by atoms with E-state index in [0.717, 1.165) is 0 Å². The van der Waals surface area contributed by atoms with Gasteiger partial charge in [-0.25, -0.2) is 4.79 Å². The van der Waals surface area contributed by atoms with Gasteiger partial charge in [-0.2, -0.15) is 5.26 Å². The number of aliphatic hydroxyl groups is 1. The lowest BCUT2D eigenvalue weighted by Gasteiger charge is -2.31. The van der Waals surface area contributed by atoms with Crippen molar-refractivity contribution in [1.82, 2.24) is 5.32 Å². The number of non-ortho nitro benzene ring substituents is 1. The van der Waals surface area contributed by atoms with Crippen LogP contribution in [0.15, 0.2) is 58.7 Å². The van der Waals surface area contributed by atoms with Crippen LogP contribution in [0, 0.1) is 27.4 Å². The summed E-state index contributed by atoms with van der Waals surface area (Å²) in [4.78, 5) is 41.3. The number of methoxy groups -OCH3 is 2. The summed E-state index contributed by atoms with van der Waals surface area (Å²) in [7, 11) is 2.42. The molecule has 3 unspecified atom stereocenters. The van der Waals surface area contributed by atoms with Crippen LogP contribution in [0.3, 0.4) is 0 Å². The maximum absolute atomic E-state index is 12.9. The first kappa shape index (κ1) is 33.7. The Morgan fingerprint density at radius 3 is 2.55 bits per heavy atom. The highest BCUT2D eigenvalue weighted by Gasteiger charge is 2.43. The molecule has 2 N–H and O–H groups in total. The number of nitro benzene ring substituents is 1. The van der Waals surface area contributed by atoms with Crippen LogP contribution in [-0.4, -0.2) is 74.3 Å². The molecule has 0 saturated heterocycles. The smallest absolute Gasteiger partial charge is 0.336 e. The number of carbonyl (C=O) groups is 2. The van der Waals surface area contributed by atoms with Gasteiger partial charge < -0.3 is 29.4 Å². The average molecular weight is 609 g/mol. The van der Waals surface area contributed by atoms with Gasteiger partial charge in [0.25, 0.3) is 5.69 Å². The molecular weight excluding hydrogens is 572 g/mol. The maximum Gasteiger partial charge on any atom is 0.336 e. The third-order valence-electron chi connectivity index (χ3n) is 7.05. The number of hydrogen-bond donors (Lipinski definition) is 2. The summed E-state index contributed by atoms with van der Waals surface area (Å²) in [5.74, 6) is -2.71. The third-order valence-corrected chi connectivity index (χ3v) is 7.05. The first-order valence-electron chi connectivity index (χ1n) is 14.0. The number of nitro groups is 1. The van der Waals surface area contributed by atoms with Crippen molar-refractivity contribution in [3.05, 3.63) is 75.0 Å². The van der Waals surface area contributed by atoms with E-state index in [1.165, 1.54) is 32.4 Å². The van der Waals surface area contributed by atoms with Crippen LogP contribution >= 0.6 is 0 Å². The summed E-state index contributed by atoms with van der Waals surface area (Å²) in [6.07, 6.45) is 0.488. The number of esters is 2. The van der Waals surface area contributed by atoms with E-state index in [0.29, 0.717) is 42.1 Å². The molecule has 1 aliphatic rings. The van der Waals surface area contributed by atoms with Crippen molar-refractivity contribution in [3.63, 3.8) is 0 Å². The highest BCUT2D eigenvalue weighted by atomic mass is 16.6. The second-order valence-electron chi connectivity index (χ2n) is 10.0. The van der Waals surface area contributed by atoms with Crippen molar-refractivity contribution in [2.45, 2.75) is 38.7 Å². The number of hydrogen-bond acceptors (Lipinski definition) is 12. The highest BCUT2D eigenvalue weighted by molar-refractivity contribution is 6.07. The van der Waals surface area contributed by atoms with Crippen molar-refractivity contribution in [3.8, 4) is 17.6 Å². The Balaban J connectivity index is 1.65. The molecule has 0 amide bonds. The molecule has 0 fully saturated rings. The maximum atomic E-state index is 12.9. The van der Waals surface area contributed by atoms with E-state index in [9.17, 15) is 24.8 Å². The molecule has 234 valence electrons. The van der Waals surface area contributed by atoms with Crippen LogP contribution in [-0.2, 0) is 19.1 Å². The monoisotopic (exact) mass is 608 g/mol. The van der Waals surface area contributed by atoms with Crippen LogP contribution in [0.4, 0.5) is 5.69 Å². The zero-order chi connectivity index (χ0) is 32.2. The first-order valence-corrected chi connectivity index (χ1v) is 14.0. The second kappa shape index (κ2) is 16.2. The molecular formula is C31H36N4O9. The fraction of sp³-hybridized carbons (Fsp3) is 0.419. The van der Waals surface area contributed by atoms with E-state index in [-0.39, 0.29) is 42.3 Å². The largest absolute Gasteiger partial charge is 0.493 e. The number of aliphatic imine (C=N–C) groups is 1. The van der Waals surface area contributed by atoms with E-state index in [1.54, 1.807) is 38.1 Å². The first-order chi connectivity index (χ1) is 21.1. The van der Waals surface area contributed by atoms with Gasteiger partial charge in [0.2, 0.25) is 0 Å². The lowest BCUT2D eigenvalue weighted by atomic mass is 9.75. The quantitative estimate of drug-likeness (QED) is 0.131. The number of nitriles is 1. The normalized spacial score (nSPS) is 16.8. The van der Waals surface area contributed by atoms with Gasteiger partial charge in [0.1, 0.15) is 36.2 Å². The molecule has 0 bridgehead atoms. The van der Waals surface area contributed by atoms with E-state index in [1.807, 2.05) is 6.07 Å². The van der Waals surface area contributed by atoms with Gasteiger partial charge in [-0.15, -0.1) is 0 Å². The van der Waals surface area contributed by atoms with Gasteiger partial charge in [0.15, 0.2) is 0 Å². The van der Waals surface area contributed by atoms with Gasteiger partial charge >= 0.3 is 11.9 Å². The molecule has 3 atom stereocenters. The molecule has 44 heavy (non-hydrogen) atoms. The molecule has 1 aliphatic heterocycles. The lowest BCUT2D eigenvalue weighted by molar-refractivity contribution is -0.385. The summed E-state index contributed by atoms with van der Waals surface area (Å²) < 4.78 is 21.6. The molecule has 0 aliphatic carbocycles. The minimum Gasteiger partial charge on any atom is -0.493 e. The number of para-hydroxylation sites is 1. The van der Waals surface area contributed by atoms with Crippen molar-refractivity contribution < 1.29 is 38.6 Å². The number of rotatable bonds is 15. The Labute approximate surface area is 255 Å². The number of benzene rings is 2. The molecule has 2 aromatic rings. The standard InChI is InChI=1S/C31H36N4O9/c1-19-27(30(37)41-3)29(28(20(2)34-19)31(38)42-4)24-15-22(35(39)40)11-12-26(24)43-14-8-7-13-33-17-23(36)18-44-25-10-6-5-9-21(25)16-32/h5-6,9-12,15,23,27,29,33,36H,7-8,13-14,17-18H2,1-4H3. The predicted molar refractivity (Wildman–Crippen MR) is 159 cm³/mol. The van der Waals surface area contributed by atoms with Crippen molar-refractivity contribution >= 4 is 23.3 Å². The summed E-state index contributed by atoms with van der Waals surface area (Å²) in [5.41, 5.74) is 1.22. The van der Waals surface area contributed by atoms with Crippen LogP contribution in [0.1, 0.15) is 43.7 Å².